The van der Waals surface area contributed by atoms with Crippen molar-refractivity contribution < 1.29 is 4.79 Å². The molecule has 9 nitrogen and oxygen atoms in total. The van der Waals surface area contributed by atoms with E-state index in [2.05, 4.69) is 31.7 Å². The van der Waals surface area contributed by atoms with E-state index in [9.17, 15) is 10.1 Å². The Morgan fingerprint density at radius 2 is 1.97 bits per heavy atom. The number of hydrogen-bond donors (Lipinski definition) is 4. The number of carbonyl (C=O) groups excluding carboxylic acids is 1. The molecule has 1 aromatic carbocycles. The number of para-hydroxylation sites is 1. The fourth-order valence-electron chi connectivity index (χ4n) is 4.44. The van der Waals surface area contributed by atoms with Crippen LogP contribution in [0.4, 0.5) is 11.6 Å². The summed E-state index contributed by atoms with van der Waals surface area (Å²) in [5, 5.41) is 17.1. The van der Waals surface area contributed by atoms with E-state index in [0.717, 1.165) is 42.1 Å². The number of nitrogen functional groups attached to an aromatic ring is 1. The largest absolute Gasteiger partial charge is 0.397 e. The number of nitrogens with two attached hydrogens (primary N) is 1. The number of benzene rings is 1. The number of nitrogens with one attached hydrogen (secondary N) is 3. The maximum Gasteiger partial charge on any atom is 0.270 e. The number of aromatic amines is 1. The smallest absolute Gasteiger partial charge is 0.270 e. The van der Waals surface area contributed by atoms with Crippen molar-refractivity contribution in [3.05, 3.63) is 66.2 Å². The fourth-order valence-corrected chi connectivity index (χ4v) is 4.44. The Morgan fingerprint density at radius 1 is 1.12 bits per heavy atom. The zero-order valence-corrected chi connectivity index (χ0v) is 18.5. The highest BCUT2D eigenvalue weighted by Gasteiger charge is 2.25. The third kappa shape index (κ3) is 4.38. The van der Waals surface area contributed by atoms with Crippen LogP contribution < -0.4 is 16.4 Å². The number of hydrogen-bond acceptors (Lipinski definition) is 7. The number of fused-ring (bicyclic) bond motifs is 1. The average Bonchev–Trinajstić information content (AvgIpc) is 3.29. The molecule has 3 aromatic heterocycles. The molecule has 1 saturated carbocycles. The number of nitrogens with zero attached hydrogens (tertiary/aromatic N) is 4. The summed E-state index contributed by atoms with van der Waals surface area (Å²) >= 11 is 0. The van der Waals surface area contributed by atoms with Gasteiger partial charge in [-0.15, -0.1) is 0 Å². The molecule has 170 valence electrons. The van der Waals surface area contributed by atoms with Crippen molar-refractivity contribution in [2.45, 2.75) is 37.8 Å². The first kappa shape index (κ1) is 21.4. The minimum absolute atomic E-state index is 0.0181. The summed E-state index contributed by atoms with van der Waals surface area (Å²) in [6, 6.07) is 13.5. The van der Waals surface area contributed by atoms with E-state index in [1.54, 1.807) is 18.3 Å². The Hall–Kier alpha value is -4.45. The SMILES string of the molecule is N#Cc1cnc(NC2CCCC(NC(=O)c3ccc(N)cn3)C2)nc1-c1c[nH]c2ccccc12. The lowest BCUT2D eigenvalue weighted by Gasteiger charge is -2.30. The molecule has 2 atom stereocenters. The molecule has 1 amide bonds. The van der Waals surface area contributed by atoms with Gasteiger partial charge in [-0.3, -0.25) is 4.79 Å². The molecule has 1 aliphatic carbocycles. The highest BCUT2D eigenvalue weighted by molar-refractivity contribution is 5.95. The molecule has 5 rings (SSSR count). The highest BCUT2D eigenvalue weighted by Crippen LogP contribution is 2.30. The van der Waals surface area contributed by atoms with E-state index in [-0.39, 0.29) is 18.0 Å². The van der Waals surface area contributed by atoms with Crippen molar-refractivity contribution >= 4 is 28.4 Å². The Bertz CT molecular complexity index is 1370. The van der Waals surface area contributed by atoms with Gasteiger partial charge in [0.1, 0.15) is 11.8 Å². The first-order chi connectivity index (χ1) is 16.6. The minimum Gasteiger partial charge on any atom is -0.397 e. The number of H-pyrrole nitrogens is 1. The van der Waals surface area contributed by atoms with Crippen LogP contribution in [-0.4, -0.2) is 37.9 Å². The van der Waals surface area contributed by atoms with Crippen molar-refractivity contribution in [3.8, 4) is 17.3 Å². The molecule has 34 heavy (non-hydrogen) atoms. The third-order valence-corrected chi connectivity index (χ3v) is 6.12. The molecule has 1 fully saturated rings. The Kier molecular flexibility index (Phi) is 5.79. The van der Waals surface area contributed by atoms with Crippen molar-refractivity contribution in [1.82, 2.24) is 25.3 Å². The van der Waals surface area contributed by atoms with Crippen LogP contribution in [0.2, 0.25) is 0 Å². The van der Waals surface area contributed by atoms with Gasteiger partial charge in [-0.1, -0.05) is 18.2 Å². The molecule has 3 heterocycles. The van der Waals surface area contributed by atoms with Crippen LogP contribution in [-0.2, 0) is 0 Å². The van der Waals surface area contributed by atoms with E-state index >= 15 is 0 Å². The number of aromatic nitrogens is 4. The Morgan fingerprint density at radius 3 is 2.79 bits per heavy atom. The minimum atomic E-state index is -0.207. The van der Waals surface area contributed by atoms with Crippen molar-refractivity contribution in [2.75, 3.05) is 11.1 Å². The maximum atomic E-state index is 12.5. The summed E-state index contributed by atoms with van der Waals surface area (Å²) < 4.78 is 0. The van der Waals surface area contributed by atoms with E-state index in [4.69, 9.17) is 10.7 Å². The van der Waals surface area contributed by atoms with Crippen LogP contribution in [0.3, 0.4) is 0 Å². The third-order valence-electron chi connectivity index (χ3n) is 6.12. The van der Waals surface area contributed by atoms with Gasteiger partial charge in [-0.2, -0.15) is 5.26 Å². The van der Waals surface area contributed by atoms with Gasteiger partial charge in [-0.05, 0) is 43.9 Å². The van der Waals surface area contributed by atoms with Crippen molar-refractivity contribution in [2.24, 2.45) is 0 Å². The van der Waals surface area contributed by atoms with E-state index in [0.29, 0.717) is 28.6 Å². The van der Waals surface area contributed by atoms with Crippen LogP contribution in [0.15, 0.2) is 55.0 Å². The molecule has 9 heteroatoms. The Labute approximate surface area is 196 Å². The number of pyridine rings is 1. The number of nitriles is 1. The first-order valence-corrected chi connectivity index (χ1v) is 11.2. The number of rotatable bonds is 5. The van der Waals surface area contributed by atoms with Gasteiger partial charge in [0.25, 0.3) is 5.91 Å². The number of amides is 1. The molecule has 0 aliphatic heterocycles. The van der Waals surface area contributed by atoms with Gasteiger partial charge in [0, 0.05) is 34.7 Å². The number of carbonyl (C=O) groups is 1. The normalized spacial score (nSPS) is 17.7. The monoisotopic (exact) mass is 452 g/mol. The maximum absolute atomic E-state index is 12.5. The van der Waals surface area contributed by atoms with E-state index < -0.39 is 0 Å². The van der Waals surface area contributed by atoms with Gasteiger partial charge in [0.15, 0.2) is 0 Å². The second-order valence-electron chi connectivity index (χ2n) is 8.47. The molecular weight excluding hydrogens is 428 g/mol. The topological polar surface area (TPSA) is 145 Å². The van der Waals surface area contributed by atoms with Gasteiger partial charge in [0.2, 0.25) is 5.95 Å². The van der Waals surface area contributed by atoms with Crippen molar-refractivity contribution in [3.63, 3.8) is 0 Å². The van der Waals surface area contributed by atoms with Crippen LogP contribution in [0.5, 0.6) is 0 Å². The summed E-state index contributed by atoms with van der Waals surface area (Å²) in [6.07, 6.45) is 8.45. The summed E-state index contributed by atoms with van der Waals surface area (Å²) in [6.45, 7) is 0. The van der Waals surface area contributed by atoms with Gasteiger partial charge in [0.05, 0.1) is 29.3 Å². The molecule has 0 bridgehead atoms. The summed E-state index contributed by atoms with van der Waals surface area (Å²) in [5.41, 5.74) is 9.38. The lowest BCUT2D eigenvalue weighted by Crippen LogP contribution is -2.42. The second-order valence-corrected chi connectivity index (χ2v) is 8.47. The predicted octanol–water partition coefficient (Wildman–Crippen LogP) is 3.63. The van der Waals surface area contributed by atoms with Crippen LogP contribution in [0.1, 0.15) is 41.7 Å². The second kappa shape index (κ2) is 9.19. The predicted molar refractivity (Wildman–Crippen MR) is 130 cm³/mol. The van der Waals surface area contributed by atoms with Gasteiger partial charge >= 0.3 is 0 Å². The highest BCUT2D eigenvalue weighted by atomic mass is 16.1. The molecule has 0 radical (unpaired) electrons. The molecule has 1 aliphatic rings. The average molecular weight is 453 g/mol. The first-order valence-electron chi connectivity index (χ1n) is 11.2. The van der Waals surface area contributed by atoms with E-state index in [1.165, 1.54) is 6.20 Å². The lowest BCUT2D eigenvalue weighted by molar-refractivity contribution is 0.0921. The van der Waals surface area contributed by atoms with Crippen LogP contribution >= 0.6 is 0 Å². The number of anilines is 2. The van der Waals surface area contributed by atoms with Crippen LogP contribution in [0, 0.1) is 11.3 Å². The Balaban J connectivity index is 1.31. The summed E-state index contributed by atoms with van der Waals surface area (Å²) in [7, 11) is 0. The zero-order valence-electron chi connectivity index (χ0n) is 18.5. The van der Waals surface area contributed by atoms with Gasteiger partial charge in [-0.25, -0.2) is 15.0 Å². The van der Waals surface area contributed by atoms with E-state index in [1.807, 2.05) is 30.5 Å². The summed E-state index contributed by atoms with van der Waals surface area (Å²) in [4.78, 5) is 29.0. The molecule has 0 saturated heterocycles. The quantitative estimate of drug-likeness (QED) is 0.362. The fraction of sp³-hybridized carbons (Fsp3) is 0.240. The lowest BCUT2D eigenvalue weighted by atomic mass is 9.91. The molecule has 2 unspecified atom stereocenters. The molecule has 5 N–H and O–H groups in total. The van der Waals surface area contributed by atoms with Crippen LogP contribution in [0.25, 0.3) is 22.2 Å². The standard InChI is InChI=1S/C25H24N8O/c26-11-15-12-30-25(33-23(15)20-14-29-21-7-2-1-6-19(20)21)32-18-5-3-4-17(10-18)31-24(34)22-9-8-16(27)13-28-22/h1-2,6-9,12-14,17-18,29H,3-5,10,27H2,(H,31,34)(H,30,32,33). The molecule has 0 spiro atoms. The van der Waals surface area contributed by atoms with Gasteiger partial charge < -0.3 is 21.4 Å². The molecular formula is C25H24N8O. The van der Waals surface area contributed by atoms with Crippen molar-refractivity contribution in [1.29, 1.82) is 5.26 Å². The molecule has 4 aromatic rings. The summed E-state index contributed by atoms with van der Waals surface area (Å²) in [5.74, 6) is 0.262. The zero-order chi connectivity index (χ0) is 23.5.